The van der Waals surface area contributed by atoms with Gasteiger partial charge in [-0.05, 0) is 25.7 Å². The first-order valence-corrected chi connectivity index (χ1v) is 7.71. The van der Waals surface area contributed by atoms with E-state index in [1.165, 1.54) is 0 Å². The molecule has 1 aromatic heterocycles. The molecule has 1 amide bonds. The van der Waals surface area contributed by atoms with Gasteiger partial charge in [0.25, 0.3) is 0 Å². The highest BCUT2D eigenvalue weighted by Gasteiger charge is 2.22. The van der Waals surface area contributed by atoms with Crippen LogP contribution < -0.4 is 10.6 Å². The molecule has 0 aliphatic heterocycles. The number of hydrogen-bond acceptors (Lipinski definition) is 4. The second kappa shape index (κ2) is 6.41. The molecule has 5 heteroatoms. The van der Waals surface area contributed by atoms with Gasteiger partial charge in [-0.15, -0.1) is 0 Å². The summed E-state index contributed by atoms with van der Waals surface area (Å²) in [5.74, 6) is 0.968. The van der Waals surface area contributed by atoms with Gasteiger partial charge in [-0.2, -0.15) is 0 Å². The van der Waals surface area contributed by atoms with E-state index in [1.54, 1.807) is 13.3 Å². The molecule has 1 aromatic rings. The van der Waals surface area contributed by atoms with Crippen LogP contribution in [0, 0.1) is 0 Å². The van der Waals surface area contributed by atoms with Crippen LogP contribution in [-0.2, 0) is 10.2 Å². The van der Waals surface area contributed by atoms with Crippen LogP contribution in [-0.4, -0.2) is 28.0 Å². The summed E-state index contributed by atoms with van der Waals surface area (Å²) in [6.45, 7) is 8.03. The van der Waals surface area contributed by atoms with Gasteiger partial charge in [0.05, 0.1) is 5.69 Å². The molecule has 1 heterocycles. The first-order chi connectivity index (χ1) is 9.84. The third kappa shape index (κ3) is 4.69. The SMILES string of the molecule is CC(=O)NC1CCC(Nc2cc(C(C)(C)C)ncn2)CC1. The Hall–Kier alpha value is -1.65. The zero-order valence-electron chi connectivity index (χ0n) is 13.4. The van der Waals surface area contributed by atoms with Crippen LogP contribution in [0.1, 0.15) is 59.1 Å². The van der Waals surface area contributed by atoms with Gasteiger partial charge >= 0.3 is 0 Å². The molecule has 0 bridgehead atoms. The van der Waals surface area contributed by atoms with Gasteiger partial charge in [0, 0.05) is 30.5 Å². The van der Waals surface area contributed by atoms with Gasteiger partial charge in [-0.3, -0.25) is 4.79 Å². The van der Waals surface area contributed by atoms with Crippen molar-refractivity contribution in [3.05, 3.63) is 18.1 Å². The summed E-state index contributed by atoms with van der Waals surface area (Å²) in [4.78, 5) is 19.7. The summed E-state index contributed by atoms with van der Waals surface area (Å²) >= 11 is 0. The van der Waals surface area contributed by atoms with E-state index < -0.39 is 0 Å². The second-order valence-electron chi connectivity index (χ2n) is 6.93. The fourth-order valence-electron chi connectivity index (χ4n) is 2.73. The lowest BCUT2D eigenvalue weighted by Gasteiger charge is -2.30. The van der Waals surface area contributed by atoms with Crippen molar-refractivity contribution in [1.29, 1.82) is 0 Å². The van der Waals surface area contributed by atoms with Crippen LogP contribution in [0.15, 0.2) is 12.4 Å². The van der Waals surface area contributed by atoms with E-state index in [9.17, 15) is 4.79 Å². The summed E-state index contributed by atoms with van der Waals surface area (Å²) in [5, 5.41) is 6.51. The van der Waals surface area contributed by atoms with E-state index in [4.69, 9.17) is 0 Å². The molecule has 2 rings (SSSR count). The molecule has 21 heavy (non-hydrogen) atoms. The number of nitrogens with one attached hydrogen (secondary N) is 2. The van der Waals surface area contributed by atoms with E-state index in [0.29, 0.717) is 12.1 Å². The average Bonchev–Trinajstić information content (AvgIpc) is 2.40. The van der Waals surface area contributed by atoms with Crippen LogP contribution in [0.25, 0.3) is 0 Å². The smallest absolute Gasteiger partial charge is 0.217 e. The van der Waals surface area contributed by atoms with Gasteiger partial charge in [0.1, 0.15) is 12.1 Å². The van der Waals surface area contributed by atoms with Crippen molar-refractivity contribution < 1.29 is 4.79 Å². The zero-order chi connectivity index (χ0) is 15.5. The van der Waals surface area contributed by atoms with E-state index >= 15 is 0 Å². The van der Waals surface area contributed by atoms with Crippen molar-refractivity contribution in [3.63, 3.8) is 0 Å². The van der Waals surface area contributed by atoms with Gasteiger partial charge in [-0.1, -0.05) is 20.8 Å². The number of aromatic nitrogens is 2. The third-order valence-electron chi connectivity index (χ3n) is 3.92. The Bertz CT molecular complexity index is 487. The maximum absolute atomic E-state index is 11.1. The Morgan fingerprint density at radius 2 is 1.76 bits per heavy atom. The summed E-state index contributed by atoms with van der Waals surface area (Å²) in [6.07, 6.45) is 5.79. The minimum Gasteiger partial charge on any atom is -0.367 e. The molecule has 1 saturated carbocycles. The fraction of sp³-hybridized carbons (Fsp3) is 0.688. The molecule has 0 radical (unpaired) electrons. The number of nitrogens with zero attached hydrogens (tertiary/aromatic N) is 2. The highest BCUT2D eigenvalue weighted by Crippen LogP contribution is 2.24. The molecular weight excluding hydrogens is 264 g/mol. The number of carbonyl (C=O) groups excluding carboxylic acids is 1. The number of carbonyl (C=O) groups is 1. The Kier molecular flexibility index (Phi) is 4.80. The van der Waals surface area contributed by atoms with Gasteiger partial charge in [0.2, 0.25) is 5.91 Å². The summed E-state index contributed by atoms with van der Waals surface area (Å²) in [7, 11) is 0. The lowest BCUT2D eigenvalue weighted by Crippen LogP contribution is -2.39. The summed E-state index contributed by atoms with van der Waals surface area (Å²) in [6, 6.07) is 2.80. The predicted octanol–water partition coefficient (Wildman–Crippen LogP) is 2.63. The first kappa shape index (κ1) is 15.7. The predicted molar refractivity (Wildman–Crippen MR) is 84.2 cm³/mol. The van der Waals surface area contributed by atoms with Crippen molar-refractivity contribution in [2.45, 2.75) is 70.9 Å². The van der Waals surface area contributed by atoms with Gasteiger partial charge in [-0.25, -0.2) is 9.97 Å². The topological polar surface area (TPSA) is 66.9 Å². The van der Waals surface area contributed by atoms with Gasteiger partial charge < -0.3 is 10.6 Å². The minimum absolute atomic E-state index is 0.0302. The van der Waals surface area contributed by atoms with E-state index in [0.717, 1.165) is 37.2 Å². The minimum atomic E-state index is 0.0302. The van der Waals surface area contributed by atoms with Crippen LogP contribution in [0.5, 0.6) is 0 Å². The van der Waals surface area contributed by atoms with Crippen LogP contribution >= 0.6 is 0 Å². The molecule has 1 aliphatic carbocycles. The maximum Gasteiger partial charge on any atom is 0.217 e. The molecule has 0 aromatic carbocycles. The average molecular weight is 290 g/mol. The molecule has 5 nitrogen and oxygen atoms in total. The number of amides is 1. The van der Waals surface area contributed by atoms with Crippen molar-refractivity contribution in [2.24, 2.45) is 0 Å². The first-order valence-electron chi connectivity index (χ1n) is 7.71. The zero-order valence-corrected chi connectivity index (χ0v) is 13.4. The highest BCUT2D eigenvalue weighted by molar-refractivity contribution is 5.73. The largest absolute Gasteiger partial charge is 0.367 e. The van der Waals surface area contributed by atoms with Crippen molar-refractivity contribution in [2.75, 3.05) is 5.32 Å². The summed E-state index contributed by atoms with van der Waals surface area (Å²) in [5.41, 5.74) is 1.08. The molecule has 0 saturated heterocycles. The Morgan fingerprint density at radius 1 is 1.14 bits per heavy atom. The van der Waals surface area contributed by atoms with Crippen LogP contribution in [0.2, 0.25) is 0 Å². The van der Waals surface area contributed by atoms with Crippen LogP contribution in [0.4, 0.5) is 5.82 Å². The molecule has 1 aliphatic rings. The normalized spacial score (nSPS) is 22.7. The summed E-state index contributed by atoms with van der Waals surface area (Å²) < 4.78 is 0. The molecule has 0 atom stereocenters. The van der Waals surface area contributed by atoms with Crippen LogP contribution in [0.3, 0.4) is 0 Å². The quantitative estimate of drug-likeness (QED) is 0.898. The van der Waals surface area contributed by atoms with E-state index in [2.05, 4.69) is 41.4 Å². The van der Waals surface area contributed by atoms with E-state index in [-0.39, 0.29) is 11.3 Å². The van der Waals surface area contributed by atoms with E-state index in [1.807, 2.05) is 6.07 Å². The Labute approximate surface area is 127 Å². The maximum atomic E-state index is 11.1. The lowest BCUT2D eigenvalue weighted by molar-refractivity contribution is -0.119. The molecular formula is C16H26N4O. The second-order valence-corrected chi connectivity index (χ2v) is 6.93. The third-order valence-corrected chi connectivity index (χ3v) is 3.92. The van der Waals surface area contributed by atoms with Crippen molar-refractivity contribution in [3.8, 4) is 0 Å². The molecule has 116 valence electrons. The lowest BCUT2D eigenvalue weighted by atomic mass is 9.90. The Balaban J connectivity index is 1.90. The number of rotatable bonds is 3. The monoisotopic (exact) mass is 290 g/mol. The Morgan fingerprint density at radius 3 is 2.33 bits per heavy atom. The standard InChI is InChI=1S/C16H26N4O/c1-11(21)19-12-5-7-13(8-6-12)20-15-9-14(16(2,3)4)17-10-18-15/h9-10,12-13H,5-8H2,1-4H3,(H,19,21)(H,17,18,20). The molecule has 1 fully saturated rings. The fourth-order valence-corrected chi connectivity index (χ4v) is 2.73. The molecule has 0 spiro atoms. The highest BCUT2D eigenvalue weighted by atomic mass is 16.1. The molecule has 2 N–H and O–H groups in total. The van der Waals surface area contributed by atoms with Crippen molar-refractivity contribution >= 4 is 11.7 Å². The number of anilines is 1. The van der Waals surface area contributed by atoms with Gasteiger partial charge in [0.15, 0.2) is 0 Å². The molecule has 0 unspecified atom stereocenters. The number of hydrogen-bond donors (Lipinski definition) is 2. The van der Waals surface area contributed by atoms with Crippen molar-refractivity contribution in [1.82, 2.24) is 15.3 Å².